The fourth-order valence-corrected chi connectivity index (χ4v) is 1.87. The minimum atomic E-state index is -2.62. The van der Waals surface area contributed by atoms with Gasteiger partial charge in [0, 0.05) is 0 Å². The van der Waals surface area contributed by atoms with E-state index in [1.807, 2.05) is 0 Å². The SMILES string of the molecule is COc1cnc(CCl)c(C(F)F)c1Br. The van der Waals surface area contributed by atoms with E-state index in [2.05, 4.69) is 20.9 Å². The number of halogens is 4. The van der Waals surface area contributed by atoms with Gasteiger partial charge < -0.3 is 4.74 Å². The van der Waals surface area contributed by atoms with Gasteiger partial charge in [-0.25, -0.2) is 8.78 Å². The van der Waals surface area contributed by atoms with Gasteiger partial charge in [0.1, 0.15) is 0 Å². The van der Waals surface area contributed by atoms with Crippen molar-refractivity contribution in [1.29, 1.82) is 0 Å². The van der Waals surface area contributed by atoms with E-state index in [0.717, 1.165) is 0 Å². The lowest BCUT2D eigenvalue weighted by molar-refractivity contribution is 0.148. The van der Waals surface area contributed by atoms with Crippen LogP contribution in [0.5, 0.6) is 5.75 Å². The molecule has 1 rings (SSSR count). The molecule has 1 aromatic heterocycles. The second-order valence-corrected chi connectivity index (χ2v) is 3.50. The highest BCUT2D eigenvalue weighted by atomic mass is 79.9. The van der Waals surface area contributed by atoms with Crippen molar-refractivity contribution >= 4 is 27.5 Å². The molecule has 0 saturated carbocycles. The van der Waals surface area contributed by atoms with Crippen molar-refractivity contribution in [2.75, 3.05) is 7.11 Å². The van der Waals surface area contributed by atoms with Gasteiger partial charge >= 0.3 is 0 Å². The van der Waals surface area contributed by atoms with E-state index < -0.39 is 6.43 Å². The van der Waals surface area contributed by atoms with Crippen molar-refractivity contribution in [2.45, 2.75) is 12.3 Å². The molecule has 2 nitrogen and oxygen atoms in total. The molecule has 0 unspecified atom stereocenters. The highest BCUT2D eigenvalue weighted by Gasteiger charge is 2.20. The predicted molar refractivity (Wildman–Crippen MR) is 53.0 cm³/mol. The molecule has 6 heteroatoms. The van der Waals surface area contributed by atoms with Gasteiger partial charge in [0.15, 0.2) is 5.75 Å². The van der Waals surface area contributed by atoms with Crippen molar-refractivity contribution in [3.8, 4) is 5.75 Å². The molecule has 0 bridgehead atoms. The summed E-state index contributed by atoms with van der Waals surface area (Å²) in [7, 11) is 1.39. The maximum Gasteiger partial charge on any atom is 0.266 e. The van der Waals surface area contributed by atoms with Crippen LogP contribution in [-0.2, 0) is 5.88 Å². The summed E-state index contributed by atoms with van der Waals surface area (Å²) >= 11 is 8.52. The van der Waals surface area contributed by atoms with Crippen LogP contribution in [0.25, 0.3) is 0 Å². The molecule has 0 N–H and O–H groups in total. The van der Waals surface area contributed by atoms with Crippen LogP contribution in [0.1, 0.15) is 17.7 Å². The Labute approximate surface area is 93.4 Å². The van der Waals surface area contributed by atoms with Gasteiger partial charge in [0.05, 0.1) is 34.9 Å². The van der Waals surface area contributed by atoms with Crippen LogP contribution >= 0.6 is 27.5 Å². The van der Waals surface area contributed by atoms with Gasteiger partial charge in [0.2, 0.25) is 0 Å². The molecule has 0 atom stereocenters. The Balaban J connectivity index is 3.31. The number of methoxy groups -OCH3 is 1. The Hall–Kier alpha value is -0.420. The van der Waals surface area contributed by atoms with Gasteiger partial charge in [-0.1, -0.05) is 0 Å². The Morgan fingerprint density at radius 3 is 2.71 bits per heavy atom. The van der Waals surface area contributed by atoms with E-state index in [4.69, 9.17) is 16.3 Å². The Kier molecular flexibility index (Phi) is 4.07. The third kappa shape index (κ3) is 2.15. The zero-order valence-corrected chi connectivity index (χ0v) is 9.57. The van der Waals surface area contributed by atoms with Crippen LogP contribution in [0.3, 0.4) is 0 Å². The second-order valence-electron chi connectivity index (χ2n) is 2.44. The van der Waals surface area contributed by atoms with Gasteiger partial charge in [-0.2, -0.15) is 0 Å². The van der Waals surface area contributed by atoms with E-state index in [-0.39, 0.29) is 27.4 Å². The quantitative estimate of drug-likeness (QED) is 0.793. The summed E-state index contributed by atoms with van der Waals surface area (Å²) in [5.74, 6) is 0.219. The van der Waals surface area contributed by atoms with Crippen LogP contribution in [0.4, 0.5) is 8.78 Å². The van der Waals surface area contributed by atoms with Crippen molar-refractivity contribution in [1.82, 2.24) is 4.98 Å². The Morgan fingerprint density at radius 1 is 1.64 bits per heavy atom. The van der Waals surface area contributed by atoms with Crippen molar-refractivity contribution < 1.29 is 13.5 Å². The molecule has 0 aliphatic heterocycles. The van der Waals surface area contributed by atoms with E-state index in [9.17, 15) is 8.78 Å². The summed E-state index contributed by atoms with van der Waals surface area (Å²) in [6.07, 6.45) is -1.27. The topological polar surface area (TPSA) is 22.1 Å². The zero-order valence-electron chi connectivity index (χ0n) is 7.23. The summed E-state index contributed by atoms with van der Waals surface area (Å²) < 4.78 is 30.3. The molecule has 0 saturated heterocycles. The summed E-state index contributed by atoms with van der Waals surface area (Å²) in [6.45, 7) is 0. The van der Waals surface area contributed by atoms with Crippen molar-refractivity contribution in [3.63, 3.8) is 0 Å². The number of rotatable bonds is 3. The lowest BCUT2D eigenvalue weighted by Gasteiger charge is -2.10. The molecule has 0 fully saturated rings. The first-order chi connectivity index (χ1) is 6.61. The fourth-order valence-electron chi connectivity index (χ4n) is 0.993. The average Bonchev–Trinajstić information content (AvgIpc) is 2.16. The van der Waals surface area contributed by atoms with Crippen molar-refractivity contribution in [2.24, 2.45) is 0 Å². The molecule has 1 aromatic rings. The molecule has 78 valence electrons. The number of pyridine rings is 1. The molecule has 0 spiro atoms. The number of aromatic nitrogens is 1. The minimum Gasteiger partial charge on any atom is -0.494 e. The maximum absolute atomic E-state index is 12.6. The van der Waals surface area contributed by atoms with Crippen LogP contribution in [0, 0.1) is 0 Å². The van der Waals surface area contributed by atoms with E-state index in [0.29, 0.717) is 0 Å². The monoisotopic (exact) mass is 285 g/mol. The predicted octanol–water partition coefficient (Wildman–Crippen LogP) is 3.53. The highest BCUT2D eigenvalue weighted by molar-refractivity contribution is 9.10. The number of ether oxygens (including phenoxy) is 1. The average molecular weight is 287 g/mol. The molecule has 0 aromatic carbocycles. The Morgan fingerprint density at radius 2 is 2.29 bits per heavy atom. The van der Waals surface area contributed by atoms with Gasteiger partial charge in [0.25, 0.3) is 6.43 Å². The molecular formula is C8H7BrClF2NO. The number of nitrogens with zero attached hydrogens (tertiary/aromatic N) is 1. The molecule has 0 radical (unpaired) electrons. The standard InChI is InChI=1S/C8H7BrClF2NO/c1-14-5-3-13-4(2-10)6(7(5)9)8(11)12/h3,8H,2H2,1H3. The fraction of sp³-hybridized carbons (Fsp3) is 0.375. The van der Waals surface area contributed by atoms with Gasteiger partial charge in [-0.05, 0) is 15.9 Å². The number of hydrogen-bond donors (Lipinski definition) is 0. The van der Waals surface area contributed by atoms with Crippen LogP contribution in [-0.4, -0.2) is 12.1 Å². The Bertz CT molecular complexity index is 335. The van der Waals surface area contributed by atoms with Crippen LogP contribution < -0.4 is 4.74 Å². The number of hydrogen-bond acceptors (Lipinski definition) is 2. The number of alkyl halides is 3. The molecule has 0 amide bonds. The smallest absolute Gasteiger partial charge is 0.266 e. The first-order valence-electron chi connectivity index (χ1n) is 3.67. The lowest BCUT2D eigenvalue weighted by atomic mass is 10.2. The molecule has 0 aliphatic rings. The largest absolute Gasteiger partial charge is 0.494 e. The third-order valence-corrected chi connectivity index (χ3v) is 2.74. The first kappa shape index (κ1) is 11.7. The van der Waals surface area contributed by atoms with Crippen LogP contribution in [0.2, 0.25) is 0 Å². The van der Waals surface area contributed by atoms with Gasteiger partial charge in [-0.3, -0.25) is 4.98 Å². The molecule has 14 heavy (non-hydrogen) atoms. The molecule has 1 heterocycles. The minimum absolute atomic E-state index is 0.0533. The summed E-state index contributed by atoms with van der Waals surface area (Å²) in [5, 5.41) is 0. The zero-order chi connectivity index (χ0) is 10.7. The molecular weight excluding hydrogens is 279 g/mol. The van der Waals surface area contributed by atoms with Gasteiger partial charge in [-0.15, -0.1) is 11.6 Å². The van der Waals surface area contributed by atoms with Crippen LogP contribution in [0.15, 0.2) is 10.7 Å². The summed E-state index contributed by atoms with van der Waals surface area (Å²) in [4.78, 5) is 3.78. The second kappa shape index (κ2) is 4.89. The third-order valence-electron chi connectivity index (χ3n) is 1.67. The highest BCUT2D eigenvalue weighted by Crippen LogP contribution is 2.36. The summed E-state index contributed by atoms with van der Waals surface area (Å²) in [5.41, 5.74) is -0.0475. The van der Waals surface area contributed by atoms with E-state index in [1.54, 1.807) is 0 Å². The van der Waals surface area contributed by atoms with E-state index >= 15 is 0 Å². The molecule has 0 aliphatic carbocycles. The first-order valence-corrected chi connectivity index (χ1v) is 5.00. The van der Waals surface area contributed by atoms with E-state index in [1.165, 1.54) is 13.3 Å². The normalized spacial score (nSPS) is 10.7. The lowest BCUT2D eigenvalue weighted by Crippen LogP contribution is -2.00. The van der Waals surface area contributed by atoms with Crippen molar-refractivity contribution in [3.05, 3.63) is 21.9 Å². The maximum atomic E-state index is 12.6. The summed E-state index contributed by atoms with van der Waals surface area (Å²) in [6, 6.07) is 0.